The standard InChI is InChI=1S/C9H9BrN4O/c1-14-8(6(10)4-13-14)9(15)7-5-11-2-3-12-7/h2-5,9,15H,1H3. The second kappa shape index (κ2) is 4.08. The molecular weight excluding hydrogens is 260 g/mol. The van der Waals surface area contributed by atoms with Crippen molar-refractivity contribution in [2.75, 3.05) is 0 Å². The van der Waals surface area contributed by atoms with Crippen LogP contribution in [0.25, 0.3) is 0 Å². The number of rotatable bonds is 2. The fourth-order valence-electron chi connectivity index (χ4n) is 1.32. The molecule has 78 valence electrons. The maximum absolute atomic E-state index is 10.0. The first-order valence-corrected chi connectivity index (χ1v) is 5.11. The normalized spacial score (nSPS) is 12.7. The number of aryl methyl sites for hydroxylation is 1. The Morgan fingerprint density at radius 2 is 2.20 bits per heavy atom. The molecule has 15 heavy (non-hydrogen) atoms. The van der Waals surface area contributed by atoms with Crippen LogP contribution < -0.4 is 0 Å². The predicted octanol–water partition coefficient (Wildman–Crippen LogP) is 1.05. The first kappa shape index (κ1) is 10.3. The average Bonchev–Trinajstić information content (AvgIpc) is 2.59. The van der Waals surface area contributed by atoms with Gasteiger partial charge in [0, 0.05) is 19.4 Å². The number of hydrogen-bond acceptors (Lipinski definition) is 4. The molecule has 2 heterocycles. The van der Waals surface area contributed by atoms with E-state index >= 15 is 0 Å². The van der Waals surface area contributed by atoms with Crippen molar-refractivity contribution in [3.8, 4) is 0 Å². The summed E-state index contributed by atoms with van der Waals surface area (Å²) in [7, 11) is 1.76. The molecule has 2 aromatic heterocycles. The van der Waals surface area contributed by atoms with Gasteiger partial charge in [0.05, 0.1) is 28.3 Å². The maximum Gasteiger partial charge on any atom is 0.140 e. The van der Waals surface area contributed by atoms with E-state index < -0.39 is 6.10 Å². The van der Waals surface area contributed by atoms with Gasteiger partial charge in [-0.1, -0.05) is 0 Å². The van der Waals surface area contributed by atoms with Gasteiger partial charge in [-0.3, -0.25) is 14.6 Å². The van der Waals surface area contributed by atoms with E-state index in [0.29, 0.717) is 11.4 Å². The van der Waals surface area contributed by atoms with E-state index in [2.05, 4.69) is 31.0 Å². The summed E-state index contributed by atoms with van der Waals surface area (Å²) < 4.78 is 2.35. The van der Waals surface area contributed by atoms with Crippen molar-refractivity contribution in [2.45, 2.75) is 6.10 Å². The number of hydrogen-bond donors (Lipinski definition) is 1. The van der Waals surface area contributed by atoms with Crippen LogP contribution >= 0.6 is 15.9 Å². The summed E-state index contributed by atoms with van der Waals surface area (Å²) in [6.45, 7) is 0. The Balaban J connectivity index is 2.41. The molecule has 0 saturated carbocycles. The molecule has 0 amide bonds. The summed E-state index contributed by atoms with van der Waals surface area (Å²) in [5, 5.41) is 14.1. The molecule has 1 N–H and O–H groups in total. The zero-order valence-corrected chi connectivity index (χ0v) is 9.59. The van der Waals surface area contributed by atoms with E-state index in [1.54, 1.807) is 30.3 Å². The van der Waals surface area contributed by atoms with Crippen LogP contribution in [0, 0.1) is 0 Å². The molecule has 6 heteroatoms. The average molecular weight is 269 g/mol. The van der Waals surface area contributed by atoms with E-state index in [9.17, 15) is 5.11 Å². The van der Waals surface area contributed by atoms with Gasteiger partial charge in [0.1, 0.15) is 6.10 Å². The smallest absolute Gasteiger partial charge is 0.140 e. The Kier molecular flexibility index (Phi) is 2.79. The molecule has 0 radical (unpaired) electrons. The molecule has 0 aliphatic carbocycles. The number of halogens is 1. The molecule has 5 nitrogen and oxygen atoms in total. The predicted molar refractivity (Wildman–Crippen MR) is 57.0 cm³/mol. The van der Waals surface area contributed by atoms with Crippen molar-refractivity contribution in [1.82, 2.24) is 19.7 Å². The van der Waals surface area contributed by atoms with Gasteiger partial charge < -0.3 is 5.11 Å². The molecular formula is C9H9BrN4O. The van der Waals surface area contributed by atoms with Crippen LogP contribution in [-0.2, 0) is 7.05 Å². The third kappa shape index (κ3) is 1.91. The van der Waals surface area contributed by atoms with Gasteiger partial charge in [-0.05, 0) is 15.9 Å². The minimum absolute atomic E-state index is 0.502. The number of aliphatic hydroxyl groups is 1. The number of nitrogens with zero attached hydrogens (tertiary/aromatic N) is 4. The van der Waals surface area contributed by atoms with Crippen molar-refractivity contribution in [2.24, 2.45) is 7.05 Å². The Bertz CT molecular complexity index is 437. The fourth-order valence-corrected chi connectivity index (χ4v) is 1.88. The molecule has 0 aliphatic rings. The molecule has 0 aromatic carbocycles. The van der Waals surface area contributed by atoms with Gasteiger partial charge in [0.15, 0.2) is 0 Å². The van der Waals surface area contributed by atoms with E-state index in [4.69, 9.17) is 0 Å². The highest BCUT2D eigenvalue weighted by Gasteiger charge is 2.19. The Hall–Kier alpha value is -1.27. The lowest BCUT2D eigenvalue weighted by Crippen LogP contribution is -2.08. The zero-order valence-electron chi connectivity index (χ0n) is 8.00. The molecule has 2 rings (SSSR count). The lowest BCUT2D eigenvalue weighted by molar-refractivity contribution is 0.203. The van der Waals surface area contributed by atoms with Crippen LogP contribution in [0.3, 0.4) is 0 Å². The lowest BCUT2D eigenvalue weighted by Gasteiger charge is -2.10. The van der Waals surface area contributed by atoms with E-state index in [1.807, 2.05) is 0 Å². The van der Waals surface area contributed by atoms with Crippen molar-refractivity contribution in [1.29, 1.82) is 0 Å². The highest BCUT2D eigenvalue weighted by molar-refractivity contribution is 9.10. The second-order valence-electron chi connectivity index (χ2n) is 3.03. The summed E-state index contributed by atoms with van der Waals surface area (Å²) in [6.07, 6.45) is 5.46. The Morgan fingerprint density at radius 1 is 1.40 bits per heavy atom. The third-order valence-electron chi connectivity index (χ3n) is 2.06. The zero-order chi connectivity index (χ0) is 10.8. The summed E-state index contributed by atoms with van der Waals surface area (Å²) in [5.41, 5.74) is 1.16. The highest BCUT2D eigenvalue weighted by atomic mass is 79.9. The first-order chi connectivity index (χ1) is 7.20. The highest BCUT2D eigenvalue weighted by Crippen LogP contribution is 2.26. The van der Waals surface area contributed by atoms with E-state index in [-0.39, 0.29) is 0 Å². The van der Waals surface area contributed by atoms with Crippen molar-refractivity contribution in [3.63, 3.8) is 0 Å². The summed E-state index contributed by atoms with van der Waals surface area (Å²) in [6, 6.07) is 0. The monoisotopic (exact) mass is 268 g/mol. The van der Waals surface area contributed by atoms with Crippen LogP contribution in [0.2, 0.25) is 0 Å². The van der Waals surface area contributed by atoms with Gasteiger partial charge in [0.25, 0.3) is 0 Å². The van der Waals surface area contributed by atoms with Gasteiger partial charge in [-0.25, -0.2) is 0 Å². The number of aromatic nitrogens is 4. The van der Waals surface area contributed by atoms with Gasteiger partial charge in [-0.2, -0.15) is 5.10 Å². The van der Waals surface area contributed by atoms with Gasteiger partial charge in [0.2, 0.25) is 0 Å². The Labute approximate surface area is 94.9 Å². The molecule has 0 spiro atoms. The molecule has 1 atom stereocenters. The van der Waals surface area contributed by atoms with Crippen LogP contribution in [0.5, 0.6) is 0 Å². The molecule has 0 bridgehead atoms. The molecule has 0 saturated heterocycles. The summed E-state index contributed by atoms with van der Waals surface area (Å²) >= 11 is 3.32. The molecule has 0 fully saturated rings. The van der Waals surface area contributed by atoms with Crippen molar-refractivity contribution in [3.05, 3.63) is 40.6 Å². The van der Waals surface area contributed by atoms with Gasteiger partial charge in [-0.15, -0.1) is 0 Å². The van der Waals surface area contributed by atoms with Crippen LogP contribution in [-0.4, -0.2) is 24.9 Å². The molecule has 1 unspecified atom stereocenters. The molecule has 0 aliphatic heterocycles. The second-order valence-corrected chi connectivity index (χ2v) is 3.89. The summed E-state index contributed by atoms with van der Waals surface area (Å²) in [5.74, 6) is 0. The van der Waals surface area contributed by atoms with E-state index in [1.165, 1.54) is 6.20 Å². The maximum atomic E-state index is 10.0. The topological polar surface area (TPSA) is 63.8 Å². The van der Waals surface area contributed by atoms with Crippen LogP contribution in [0.1, 0.15) is 17.5 Å². The van der Waals surface area contributed by atoms with Crippen LogP contribution in [0.4, 0.5) is 0 Å². The van der Waals surface area contributed by atoms with Crippen LogP contribution in [0.15, 0.2) is 29.3 Å². The van der Waals surface area contributed by atoms with Gasteiger partial charge >= 0.3 is 0 Å². The third-order valence-corrected chi connectivity index (χ3v) is 2.67. The minimum atomic E-state index is -0.819. The SMILES string of the molecule is Cn1ncc(Br)c1C(O)c1cnccn1. The van der Waals surface area contributed by atoms with Crippen molar-refractivity contribution < 1.29 is 5.11 Å². The molecule has 2 aromatic rings. The summed E-state index contributed by atoms with van der Waals surface area (Å²) in [4.78, 5) is 7.95. The number of aliphatic hydroxyl groups excluding tert-OH is 1. The Morgan fingerprint density at radius 3 is 2.73 bits per heavy atom. The van der Waals surface area contributed by atoms with Crippen molar-refractivity contribution >= 4 is 15.9 Å². The lowest BCUT2D eigenvalue weighted by atomic mass is 10.2. The first-order valence-electron chi connectivity index (χ1n) is 4.31. The quantitative estimate of drug-likeness (QED) is 0.885. The van der Waals surface area contributed by atoms with E-state index in [0.717, 1.165) is 4.47 Å². The fraction of sp³-hybridized carbons (Fsp3) is 0.222. The minimum Gasteiger partial charge on any atom is -0.380 e. The largest absolute Gasteiger partial charge is 0.380 e.